The summed E-state index contributed by atoms with van der Waals surface area (Å²) in [4.78, 5) is 74.8. The molecule has 0 radical (unpaired) electrons. The number of aromatic nitrogens is 18. The molecule has 15 aromatic heterocycles. The van der Waals surface area contributed by atoms with Crippen LogP contribution in [0.5, 0.6) is 0 Å². The Bertz CT molecular complexity index is 4820. The first-order valence-electron chi connectivity index (χ1n) is 40.8. The zero-order valence-electron chi connectivity index (χ0n) is 74.5. The van der Waals surface area contributed by atoms with Gasteiger partial charge in [0.1, 0.15) is 19.0 Å². The van der Waals surface area contributed by atoms with Crippen LogP contribution in [0.4, 0.5) is 0 Å². The molecule has 0 aliphatic carbocycles. The maximum absolute atomic E-state index is 4.31. The van der Waals surface area contributed by atoms with Gasteiger partial charge in [-0.05, 0) is 235 Å². The van der Waals surface area contributed by atoms with Crippen LogP contribution in [-0.2, 0) is 0 Å². The summed E-state index contributed by atoms with van der Waals surface area (Å²) in [6.45, 7) is 54.2. The van der Waals surface area contributed by atoms with E-state index in [4.69, 9.17) is 0 Å². The number of hydrogen-bond donors (Lipinski definition) is 0. The van der Waals surface area contributed by atoms with Crippen LogP contribution in [0, 0.1) is 62.3 Å². The molecule has 0 spiro atoms. The predicted molar refractivity (Wildman–Crippen MR) is 501 cm³/mol. The summed E-state index contributed by atoms with van der Waals surface area (Å²) in [5, 5.41) is 3.30. The molecule has 0 atom stereocenters. The summed E-state index contributed by atoms with van der Waals surface area (Å²) >= 11 is 0. The average molecular weight is 1570 g/mol. The molecular weight excluding hydrogens is 1440 g/mol. The molecule has 0 N–H and O–H groups in total. The van der Waals surface area contributed by atoms with E-state index < -0.39 is 0 Å². The molecule has 0 bridgehead atoms. The molecule has 0 saturated heterocycles. The minimum atomic E-state index is 0.957. The van der Waals surface area contributed by atoms with Gasteiger partial charge in [-0.15, -0.1) is 0 Å². The largest absolute Gasteiger partial charge is 0.255 e. The van der Waals surface area contributed by atoms with E-state index in [0.717, 1.165) is 121 Å². The lowest BCUT2D eigenvalue weighted by molar-refractivity contribution is 1.21. The lowest BCUT2D eigenvalue weighted by atomic mass is 10.2. The average Bonchev–Trinajstić information content (AvgIpc) is 0.843. The molecule has 18 heteroatoms. The van der Waals surface area contributed by atoms with Crippen molar-refractivity contribution in [3.63, 3.8) is 0 Å². The Morgan fingerprint density at radius 1 is 0.179 bits per heavy atom. The van der Waals surface area contributed by atoms with E-state index in [1.165, 1.54) is 27.8 Å². The van der Waals surface area contributed by atoms with Crippen LogP contribution < -0.4 is 0 Å². The highest BCUT2D eigenvalue weighted by Crippen LogP contribution is 2.17. The number of rotatable bonds is 0. The minimum absolute atomic E-state index is 0.957. The van der Waals surface area contributed by atoms with Gasteiger partial charge in [-0.2, -0.15) is 0 Å². The molecule has 0 fully saturated rings. The van der Waals surface area contributed by atoms with Crippen molar-refractivity contribution in [3.05, 3.63) is 326 Å². The molecule has 18 nitrogen and oxygen atoms in total. The van der Waals surface area contributed by atoms with Crippen LogP contribution in [0.15, 0.2) is 275 Å². The monoisotopic (exact) mass is 1570 g/mol. The lowest BCUT2D eigenvalue weighted by Crippen LogP contribution is -1.83. The van der Waals surface area contributed by atoms with Crippen molar-refractivity contribution in [2.45, 2.75) is 187 Å². The third-order valence-electron chi connectivity index (χ3n) is 14.8. The Kier molecular flexibility index (Phi) is 54.5. The number of benzene rings is 3. The molecule has 15 heterocycles. The maximum atomic E-state index is 4.31. The van der Waals surface area contributed by atoms with Crippen molar-refractivity contribution < 1.29 is 0 Å². The fourth-order valence-electron chi connectivity index (χ4n) is 9.81. The molecule has 18 rings (SSSR count). The van der Waals surface area contributed by atoms with Gasteiger partial charge in [0.05, 0.1) is 82.8 Å². The van der Waals surface area contributed by atoms with E-state index in [1.807, 2.05) is 343 Å². The smallest absolute Gasteiger partial charge is 0.116 e. The van der Waals surface area contributed by atoms with Gasteiger partial charge in [0.2, 0.25) is 0 Å². The van der Waals surface area contributed by atoms with E-state index in [0.29, 0.717) is 0 Å². The second kappa shape index (κ2) is 62.5. The third kappa shape index (κ3) is 36.4. The molecule has 18 aromatic rings. The van der Waals surface area contributed by atoms with Crippen LogP contribution in [-0.4, -0.2) is 89.7 Å². The highest BCUT2D eigenvalue weighted by Gasteiger charge is 2.01. The molecule has 0 unspecified atom stereocenters. The molecule has 612 valence electrons. The van der Waals surface area contributed by atoms with Gasteiger partial charge < -0.3 is 0 Å². The van der Waals surface area contributed by atoms with E-state index in [-0.39, 0.29) is 0 Å². The van der Waals surface area contributed by atoms with E-state index in [1.54, 1.807) is 68.6 Å². The Morgan fingerprint density at radius 3 is 0.957 bits per heavy atom. The predicted octanol–water partition coefficient (Wildman–Crippen LogP) is 26.7. The van der Waals surface area contributed by atoms with Crippen molar-refractivity contribution in [1.82, 2.24) is 89.7 Å². The van der Waals surface area contributed by atoms with Crippen LogP contribution in [0.3, 0.4) is 0 Å². The maximum Gasteiger partial charge on any atom is 0.116 e. The van der Waals surface area contributed by atoms with E-state index in [9.17, 15) is 0 Å². The zero-order valence-corrected chi connectivity index (χ0v) is 74.5. The first kappa shape index (κ1) is 102. The Hall–Kier alpha value is -13.0. The zero-order chi connectivity index (χ0) is 87.1. The Labute approximate surface area is 697 Å². The third-order valence-corrected chi connectivity index (χ3v) is 14.8. The van der Waals surface area contributed by atoms with Gasteiger partial charge in [-0.25, -0.2) is 29.9 Å². The van der Waals surface area contributed by atoms with Gasteiger partial charge in [0, 0.05) is 108 Å². The summed E-state index contributed by atoms with van der Waals surface area (Å²) in [5.41, 5.74) is 25.1. The van der Waals surface area contributed by atoms with Crippen LogP contribution in [0.2, 0.25) is 0 Å². The molecular formula is C99H126N18. The highest BCUT2D eigenvalue weighted by molar-refractivity contribution is 5.82. The van der Waals surface area contributed by atoms with E-state index >= 15 is 0 Å². The number of hydrogen-bond acceptors (Lipinski definition) is 18. The van der Waals surface area contributed by atoms with Gasteiger partial charge >= 0.3 is 0 Å². The quantitative estimate of drug-likeness (QED) is 0.137. The van der Waals surface area contributed by atoms with Crippen LogP contribution in [0.1, 0.15) is 175 Å². The van der Waals surface area contributed by atoms with Crippen LogP contribution in [0.25, 0.3) is 98.9 Å². The number of para-hydroxylation sites is 1. The number of pyridine rings is 12. The van der Waals surface area contributed by atoms with Crippen molar-refractivity contribution in [2.75, 3.05) is 0 Å². The lowest BCUT2D eigenvalue weighted by Gasteiger charge is -1.97. The minimum Gasteiger partial charge on any atom is -0.255 e. The Morgan fingerprint density at radius 2 is 0.513 bits per heavy atom. The molecule has 0 aliphatic heterocycles. The number of nitrogens with zero attached hydrogens (tertiary/aromatic N) is 18. The Balaban J connectivity index is 0.000000642. The van der Waals surface area contributed by atoms with E-state index in [2.05, 4.69) is 141 Å². The summed E-state index contributed by atoms with van der Waals surface area (Å²) in [6.07, 6.45) is 28.2. The van der Waals surface area contributed by atoms with Crippen LogP contribution >= 0.6 is 0 Å². The molecule has 0 aliphatic rings. The first-order valence-corrected chi connectivity index (χ1v) is 40.8. The fourth-order valence-corrected chi connectivity index (χ4v) is 9.81. The molecule has 3 aromatic carbocycles. The van der Waals surface area contributed by atoms with Crippen molar-refractivity contribution in [2.24, 2.45) is 0 Å². The van der Waals surface area contributed by atoms with Gasteiger partial charge in [-0.1, -0.05) is 167 Å². The summed E-state index contributed by atoms with van der Waals surface area (Å²) in [5.74, 6) is 0. The van der Waals surface area contributed by atoms with Crippen molar-refractivity contribution in [1.29, 1.82) is 0 Å². The topological polar surface area (TPSA) is 232 Å². The first-order chi connectivity index (χ1) is 57.3. The standard InChI is InChI=1S/9C9H8N2.9C2H6/c1-7-2-3-9-8(4-7)5-10-6-11-9;1-7-2-3-8-5-10-6-11-9(8)4-7;2*1-7-4-5-8-9(11-7)3-2-6-10-8;2*1-7-4-6-10-8-3-2-5-11-9(7)8;2*1-7-5-9-8(11-6-7)3-2-4-10-9;1-7-3-2-4-8-5-10-6-11-9(7)8;9*1-2/h9*2-6H,1H3;9*1-2H3. The SMILES string of the molecule is CC.CC.CC.CC.CC.CC.CC.CC.CC.Cc1ccc2cncnc2c1.Cc1ccc2ncccc2n1.Cc1ccc2ncccc2n1.Cc1ccc2ncncc2c1.Cc1cccc2cncnc12.Cc1ccnc2cccnc12.Cc1ccnc2cccnc12.Cc1cnc2cccnc2c1.Cc1cnc2cccnc2c1. The van der Waals surface area contributed by atoms with Gasteiger partial charge in [0.15, 0.2) is 0 Å². The summed E-state index contributed by atoms with van der Waals surface area (Å²) in [7, 11) is 0. The number of fused-ring (bicyclic) bond motifs is 9. The highest BCUT2D eigenvalue weighted by atomic mass is 14.8. The number of aryl methyl sites for hydroxylation is 9. The summed E-state index contributed by atoms with van der Waals surface area (Å²) in [6, 6.07) is 57.4. The second-order valence-electron chi connectivity index (χ2n) is 22.8. The van der Waals surface area contributed by atoms with Crippen molar-refractivity contribution in [3.8, 4) is 0 Å². The summed E-state index contributed by atoms with van der Waals surface area (Å²) < 4.78 is 0. The molecule has 117 heavy (non-hydrogen) atoms. The van der Waals surface area contributed by atoms with Gasteiger partial charge in [-0.3, -0.25) is 59.8 Å². The molecule has 0 amide bonds. The normalized spacial score (nSPS) is 9.15. The fraction of sp³-hybridized carbons (Fsp3) is 0.273. The second-order valence-corrected chi connectivity index (χ2v) is 22.8. The van der Waals surface area contributed by atoms with Gasteiger partial charge in [0.25, 0.3) is 0 Å². The molecule has 0 saturated carbocycles. The van der Waals surface area contributed by atoms with Crippen molar-refractivity contribution >= 4 is 98.9 Å².